The van der Waals surface area contributed by atoms with Crippen LogP contribution in [0, 0.1) is 18.3 Å². The number of hydrogen-bond acceptors (Lipinski definition) is 3. The minimum Gasteiger partial charge on any atom is -0.393 e. The average Bonchev–Trinajstić information content (AvgIpc) is 2.52. The van der Waals surface area contributed by atoms with Crippen molar-refractivity contribution < 1.29 is 9.90 Å². The molecule has 0 radical (unpaired) electrons. The molecule has 4 heteroatoms. The number of aliphatic hydroxyl groups is 1. The van der Waals surface area contributed by atoms with Crippen LogP contribution >= 0.6 is 0 Å². The van der Waals surface area contributed by atoms with Gasteiger partial charge in [-0.2, -0.15) is 0 Å². The van der Waals surface area contributed by atoms with Gasteiger partial charge in [-0.25, -0.2) is 0 Å². The quantitative estimate of drug-likeness (QED) is 0.773. The van der Waals surface area contributed by atoms with Gasteiger partial charge in [0, 0.05) is 12.0 Å². The van der Waals surface area contributed by atoms with E-state index in [2.05, 4.69) is 16.1 Å². The second-order valence-electron chi connectivity index (χ2n) is 6.41. The van der Waals surface area contributed by atoms with Crippen LogP contribution in [-0.4, -0.2) is 47.2 Å². The molecule has 21 heavy (non-hydrogen) atoms. The zero-order valence-electron chi connectivity index (χ0n) is 13.1. The van der Waals surface area contributed by atoms with Crippen LogP contribution in [0.5, 0.6) is 0 Å². The summed E-state index contributed by atoms with van der Waals surface area (Å²) in [5.41, 5.74) is 0. The lowest BCUT2D eigenvalue weighted by Gasteiger charge is -2.45. The average molecular weight is 292 g/mol. The summed E-state index contributed by atoms with van der Waals surface area (Å²) in [4.78, 5) is 14.5. The SMILES string of the molecule is C#CCNC(=O)C(C)N1CCCCC1C1CCCCC1O. The van der Waals surface area contributed by atoms with E-state index in [0.29, 0.717) is 12.0 Å². The monoisotopic (exact) mass is 292 g/mol. The molecule has 2 N–H and O–H groups in total. The van der Waals surface area contributed by atoms with E-state index >= 15 is 0 Å². The molecule has 0 aromatic heterocycles. The molecule has 0 bridgehead atoms. The van der Waals surface area contributed by atoms with Crippen LogP contribution in [0.25, 0.3) is 0 Å². The van der Waals surface area contributed by atoms with Crippen LogP contribution < -0.4 is 5.32 Å². The van der Waals surface area contributed by atoms with Crippen molar-refractivity contribution >= 4 is 5.91 Å². The van der Waals surface area contributed by atoms with Crippen LogP contribution in [0.4, 0.5) is 0 Å². The summed E-state index contributed by atoms with van der Waals surface area (Å²) in [5.74, 6) is 2.77. The molecule has 2 aliphatic rings. The second-order valence-corrected chi connectivity index (χ2v) is 6.41. The van der Waals surface area contributed by atoms with Crippen molar-refractivity contribution in [1.29, 1.82) is 0 Å². The van der Waals surface area contributed by atoms with Crippen molar-refractivity contribution in [1.82, 2.24) is 10.2 Å². The molecule has 4 atom stereocenters. The van der Waals surface area contributed by atoms with Crippen molar-refractivity contribution in [2.45, 2.75) is 70.1 Å². The number of carbonyl (C=O) groups is 1. The Labute approximate surface area is 128 Å². The Morgan fingerprint density at radius 2 is 2.05 bits per heavy atom. The third kappa shape index (κ3) is 3.99. The van der Waals surface area contributed by atoms with E-state index in [-0.39, 0.29) is 24.6 Å². The summed E-state index contributed by atoms with van der Waals surface area (Å²) in [6, 6.07) is 0.165. The van der Waals surface area contributed by atoms with Gasteiger partial charge in [-0.3, -0.25) is 9.69 Å². The van der Waals surface area contributed by atoms with E-state index in [0.717, 1.165) is 38.6 Å². The molecule has 1 saturated heterocycles. The normalized spacial score (nSPS) is 32.1. The second kappa shape index (κ2) is 7.82. The fraction of sp³-hybridized carbons (Fsp3) is 0.824. The minimum absolute atomic E-state index is 0.00477. The Balaban J connectivity index is 2.04. The highest BCUT2D eigenvalue weighted by Crippen LogP contribution is 2.34. The highest BCUT2D eigenvalue weighted by Gasteiger charge is 2.38. The molecule has 1 saturated carbocycles. The van der Waals surface area contributed by atoms with Crippen LogP contribution in [-0.2, 0) is 4.79 Å². The predicted molar refractivity (Wildman–Crippen MR) is 83.6 cm³/mol. The molecular formula is C17H28N2O2. The lowest BCUT2D eigenvalue weighted by Crippen LogP contribution is -2.56. The molecule has 0 aromatic rings. The molecule has 1 amide bonds. The van der Waals surface area contributed by atoms with Crippen molar-refractivity contribution in [3.63, 3.8) is 0 Å². The minimum atomic E-state index is -0.203. The van der Waals surface area contributed by atoms with Gasteiger partial charge >= 0.3 is 0 Å². The maximum atomic E-state index is 12.2. The van der Waals surface area contributed by atoms with E-state index in [4.69, 9.17) is 6.42 Å². The molecule has 4 unspecified atom stereocenters. The number of likely N-dealkylation sites (tertiary alicyclic amines) is 1. The van der Waals surface area contributed by atoms with Gasteiger partial charge in [0.2, 0.25) is 5.91 Å². The van der Waals surface area contributed by atoms with Crippen molar-refractivity contribution in [2.24, 2.45) is 5.92 Å². The Hall–Kier alpha value is -1.05. The number of hydrogen-bond donors (Lipinski definition) is 2. The largest absolute Gasteiger partial charge is 0.393 e. The van der Waals surface area contributed by atoms with Gasteiger partial charge in [0.25, 0.3) is 0 Å². The first-order valence-electron chi connectivity index (χ1n) is 8.30. The Kier molecular flexibility index (Phi) is 6.08. The van der Waals surface area contributed by atoms with Crippen molar-refractivity contribution in [3.05, 3.63) is 0 Å². The first kappa shape index (κ1) is 16.3. The molecule has 2 rings (SSSR count). The smallest absolute Gasteiger partial charge is 0.237 e. The van der Waals surface area contributed by atoms with E-state index < -0.39 is 0 Å². The highest BCUT2D eigenvalue weighted by molar-refractivity contribution is 5.81. The standard InChI is InChI=1S/C17H28N2O2/c1-3-11-18-17(21)13(2)19-12-7-6-9-15(19)14-8-4-5-10-16(14)20/h1,13-16,20H,4-12H2,2H3,(H,18,21). The number of nitrogens with zero attached hydrogens (tertiary/aromatic N) is 1. The Morgan fingerprint density at radius 1 is 1.33 bits per heavy atom. The van der Waals surface area contributed by atoms with Gasteiger partial charge in [-0.05, 0) is 39.2 Å². The molecule has 0 spiro atoms. The maximum Gasteiger partial charge on any atom is 0.237 e. The number of nitrogens with one attached hydrogen (secondary N) is 1. The van der Waals surface area contributed by atoms with Gasteiger partial charge in [0.15, 0.2) is 0 Å². The van der Waals surface area contributed by atoms with Crippen molar-refractivity contribution in [3.8, 4) is 12.3 Å². The number of terminal acetylenes is 1. The first-order chi connectivity index (χ1) is 10.1. The van der Waals surface area contributed by atoms with Gasteiger partial charge in [-0.1, -0.05) is 25.2 Å². The molecule has 1 aliphatic heterocycles. The van der Waals surface area contributed by atoms with Gasteiger partial charge in [0.1, 0.15) is 0 Å². The lowest BCUT2D eigenvalue weighted by atomic mass is 9.77. The Morgan fingerprint density at radius 3 is 2.76 bits per heavy atom. The predicted octanol–water partition coefficient (Wildman–Crippen LogP) is 1.53. The van der Waals surface area contributed by atoms with E-state index in [1.165, 1.54) is 12.8 Å². The number of carbonyl (C=O) groups excluding carboxylic acids is 1. The maximum absolute atomic E-state index is 12.2. The highest BCUT2D eigenvalue weighted by atomic mass is 16.3. The van der Waals surface area contributed by atoms with E-state index in [1.54, 1.807) is 0 Å². The van der Waals surface area contributed by atoms with Gasteiger partial charge in [-0.15, -0.1) is 6.42 Å². The number of aliphatic hydroxyl groups excluding tert-OH is 1. The lowest BCUT2D eigenvalue weighted by molar-refractivity contribution is -0.128. The molecule has 1 aliphatic carbocycles. The fourth-order valence-corrected chi connectivity index (χ4v) is 3.95. The molecule has 0 aromatic carbocycles. The molecule has 118 valence electrons. The van der Waals surface area contributed by atoms with Gasteiger partial charge < -0.3 is 10.4 Å². The number of piperidine rings is 1. The molecule has 4 nitrogen and oxygen atoms in total. The fourth-order valence-electron chi connectivity index (χ4n) is 3.95. The van der Waals surface area contributed by atoms with Gasteiger partial charge in [0.05, 0.1) is 18.7 Å². The summed E-state index contributed by atoms with van der Waals surface area (Å²) in [7, 11) is 0. The molecule has 2 fully saturated rings. The van der Waals surface area contributed by atoms with E-state index in [1.807, 2.05) is 6.92 Å². The topological polar surface area (TPSA) is 52.6 Å². The summed E-state index contributed by atoms with van der Waals surface area (Å²) >= 11 is 0. The van der Waals surface area contributed by atoms with Crippen LogP contribution in [0.2, 0.25) is 0 Å². The zero-order chi connectivity index (χ0) is 15.2. The number of amides is 1. The first-order valence-corrected chi connectivity index (χ1v) is 8.30. The molecular weight excluding hydrogens is 264 g/mol. The summed E-state index contributed by atoms with van der Waals surface area (Å²) in [6.07, 6.45) is 12.7. The summed E-state index contributed by atoms with van der Waals surface area (Å²) in [6.45, 7) is 3.19. The van der Waals surface area contributed by atoms with Crippen LogP contribution in [0.15, 0.2) is 0 Å². The third-order valence-electron chi connectivity index (χ3n) is 5.11. The number of rotatable bonds is 4. The Bertz CT molecular complexity index is 391. The van der Waals surface area contributed by atoms with E-state index in [9.17, 15) is 9.90 Å². The zero-order valence-corrected chi connectivity index (χ0v) is 13.1. The van der Waals surface area contributed by atoms with Crippen LogP contribution in [0.1, 0.15) is 51.9 Å². The summed E-state index contributed by atoms with van der Waals surface area (Å²) in [5, 5.41) is 13.1. The third-order valence-corrected chi connectivity index (χ3v) is 5.11. The van der Waals surface area contributed by atoms with Crippen molar-refractivity contribution in [2.75, 3.05) is 13.1 Å². The molecule has 1 heterocycles. The summed E-state index contributed by atoms with van der Waals surface area (Å²) < 4.78 is 0. The van der Waals surface area contributed by atoms with Crippen LogP contribution in [0.3, 0.4) is 0 Å².